The SMILES string of the molecule is COC(=O)C1=C(Nc2cc(-c3nnc(C)o3)ccc2OC)C(=O)N(CCO)C1. The number of ether oxygens (including phenoxy) is 2. The molecule has 0 fully saturated rings. The van der Waals surface area contributed by atoms with E-state index in [1.54, 1.807) is 25.1 Å². The highest BCUT2D eigenvalue weighted by atomic mass is 16.5. The molecule has 0 atom stereocenters. The molecule has 10 nitrogen and oxygen atoms in total. The third-order valence-electron chi connectivity index (χ3n) is 4.19. The number of amides is 1. The highest BCUT2D eigenvalue weighted by molar-refractivity contribution is 6.08. The van der Waals surface area contributed by atoms with Crippen molar-refractivity contribution in [3.05, 3.63) is 35.4 Å². The minimum absolute atomic E-state index is 0.0409. The van der Waals surface area contributed by atoms with Crippen molar-refractivity contribution >= 4 is 17.6 Å². The van der Waals surface area contributed by atoms with E-state index < -0.39 is 11.9 Å². The number of anilines is 1. The summed E-state index contributed by atoms with van der Waals surface area (Å²) in [7, 11) is 2.73. The number of nitrogens with zero attached hydrogens (tertiary/aromatic N) is 3. The maximum Gasteiger partial charge on any atom is 0.337 e. The molecule has 0 bridgehead atoms. The van der Waals surface area contributed by atoms with Gasteiger partial charge < -0.3 is 29.2 Å². The van der Waals surface area contributed by atoms with Crippen molar-refractivity contribution in [2.75, 3.05) is 39.2 Å². The van der Waals surface area contributed by atoms with Crippen LogP contribution in [0.2, 0.25) is 0 Å². The minimum Gasteiger partial charge on any atom is -0.495 e. The first-order valence-electron chi connectivity index (χ1n) is 8.45. The molecule has 28 heavy (non-hydrogen) atoms. The average Bonchev–Trinajstić information content (AvgIpc) is 3.26. The van der Waals surface area contributed by atoms with Gasteiger partial charge in [-0.25, -0.2) is 4.79 Å². The Balaban J connectivity index is 1.99. The van der Waals surface area contributed by atoms with Crippen molar-refractivity contribution in [2.45, 2.75) is 6.92 Å². The number of benzene rings is 1. The van der Waals surface area contributed by atoms with E-state index in [1.807, 2.05) is 0 Å². The van der Waals surface area contributed by atoms with Gasteiger partial charge in [0.05, 0.1) is 38.6 Å². The fourth-order valence-electron chi connectivity index (χ4n) is 2.84. The van der Waals surface area contributed by atoms with Crippen LogP contribution in [-0.4, -0.2) is 66.0 Å². The van der Waals surface area contributed by atoms with Crippen LogP contribution in [0.25, 0.3) is 11.5 Å². The molecule has 2 N–H and O–H groups in total. The molecule has 148 valence electrons. The quantitative estimate of drug-likeness (QED) is 0.660. The highest BCUT2D eigenvalue weighted by Gasteiger charge is 2.34. The first-order valence-corrected chi connectivity index (χ1v) is 8.45. The number of rotatable bonds is 7. The Labute approximate surface area is 160 Å². The van der Waals surface area contributed by atoms with Gasteiger partial charge >= 0.3 is 5.97 Å². The highest BCUT2D eigenvalue weighted by Crippen LogP contribution is 2.33. The summed E-state index contributed by atoms with van der Waals surface area (Å²) in [5, 5.41) is 19.9. The molecule has 1 aromatic carbocycles. The maximum absolute atomic E-state index is 12.7. The van der Waals surface area contributed by atoms with Crippen LogP contribution in [0, 0.1) is 6.92 Å². The average molecular weight is 388 g/mol. The van der Waals surface area contributed by atoms with Crippen molar-refractivity contribution < 1.29 is 28.6 Å². The second-order valence-corrected chi connectivity index (χ2v) is 5.96. The maximum atomic E-state index is 12.7. The Morgan fingerprint density at radius 3 is 2.75 bits per heavy atom. The number of hydrogen-bond acceptors (Lipinski definition) is 9. The van der Waals surface area contributed by atoms with Crippen LogP contribution in [0.1, 0.15) is 5.89 Å². The molecule has 1 aromatic heterocycles. The molecule has 0 saturated heterocycles. The Hall–Kier alpha value is -3.40. The van der Waals surface area contributed by atoms with Crippen molar-refractivity contribution in [2.24, 2.45) is 0 Å². The lowest BCUT2D eigenvalue weighted by atomic mass is 10.1. The van der Waals surface area contributed by atoms with Crippen LogP contribution in [0.5, 0.6) is 5.75 Å². The zero-order valence-electron chi connectivity index (χ0n) is 15.7. The van der Waals surface area contributed by atoms with Gasteiger partial charge in [0.25, 0.3) is 5.91 Å². The van der Waals surface area contributed by atoms with Crippen LogP contribution in [0.3, 0.4) is 0 Å². The molecule has 10 heteroatoms. The number of aromatic nitrogens is 2. The molecule has 0 aliphatic carbocycles. The van der Waals surface area contributed by atoms with E-state index in [0.717, 1.165) is 0 Å². The normalized spacial score (nSPS) is 13.9. The first-order chi connectivity index (χ1) is 13.5. The lowest BCUT2D eigenvalue weighted by Crippen LogP contribution is -2.31. The van der Waals surface area contributed by atoms with Gasteiger partial charge in [0.15, 0.2) is 0 Å². The van der Waals surface area contributed by atoms with E-state index in [2.05, 4.69) is 15.5 Å². The molecule has 1 amide bonds. The molecule has 0 saturated carbocycles. The van der Waals surface area contributed by atoms with E-state index >= 15 is 0 Å². The summed E-state index contributed by atoms with van der Waals surface area (Å²) < 4.78 is 15.6. The van der Waals surface area contributed by atoms with Gasteiger partial charge in [-0.15, -0.1) is 10.2 Å². The number of carbonyl (C=O) groups excluding carboxylic acids is 2. The Morgan fingerprint density at radius 2 is 2.14 bits per heavy atom. The minimum atomic E-state index is -0.626. The molecule has 0 unspecified atom stereocenters. The summed E-state index contributed by atoms with van der Waals surface area (Å²) in [6.45, 7) is 1.60. The number of methoxy groups -OCH3 is 2. The van der Waals surface area contributed by atoms with Crippen molar-refractivity contribution in [3.8, 4) is 17.2 Å². The number of hydrogen-bond donors (Lipinski definition) is 2. The fraction of sp³-hybridized carbons (Fsp3) is 0.333. The predicted octanol–water partition coefficient (Wildman–Crippen LogP) is 0.727. The van der Waals surface area contributed by atoms with Crippen LogP contribution < -0.4 is 10.1 Å². The number of aryl methyl sites for hydroxylation is 1. The standard InChI is InChI=1S/C18H20N4O6/c1-10-20-21-16(28-10)11-4-5-14(26-2)13(8-11)19-15-12(18(25)27-3)9-22(6-7-23)17(15)24/h4-5,8,19,23H,6-7,9H2,1-3H3. The molecular weight excluding hydrogens is 368 g/mol. The van der Waals surface area contributed by atoms with Gasteiger partial charge in [-0.05, 0) is 18.2 Å². The molecular formula is C18H20N4O6. The molecule has 2 heterocycles. The lowest BCUT2D eigenvalue weighted by Gasteiger charge is -2.16. The van der Waals surface area contributed by atoms with Gasteiger partial charge in [-0.1, -0.05) is 0 Å². The van der Waals surface area contributed by atoms with E-state index in [9.17, 15) is 9.59 Å². The van der Waals surface area contributed by atoms with Crippen LogP contribution in [0.15, 0.2) is 33.9 Å². The third kappa shape index (κ3) is 3.67. The van der Waals surface area contributed by atoms with Gasteiger partial charge in [-0.2, -0.15) is 0 Å². The van der Waals surface area contributed by atoms with Gasteiger partial charge in [0, 0.05) is 19.0 Å². The number of β-amino-alcohol motifs (C(OH)–C–C–N with tert-alkyl or cyclic N) is 1. The Bertz CT molecular complexity index is 936. The zero-order chi connectivity index (χ0) is 20.3. The Morgan fingerprint density at radius 1 is 1.36 bits per heavy atom. The smallest absolute Gasteiger partial charge is 0.337 e. The predicted molar refractivity (Wildman–Crippen MR) is 97.4 cm³/mol. The number of esters is 1. The topological polar surface area (TPSA) is 127 Å². The molecule has 0 spiro atoms. The summed E-state index contributed by atoms with van der Waals surface area (Å²) in [5.74, 6) is 0.131. The van der Waals surface area contributed by atoms with Crippen LogP contribution in [0.4, 0.5) is 5.69 Å². The van der Waals surface area contributed by atoms with E-state index in [4.69, 9.17) is 19.0 Å². The summed E-state index contributed by atoms with van der Waals surface area (Å²) >= 11 is 0. The number of aliphatic hydroxyl groups is 1. The van der Waals surface area contributed by atoms with Crippen molar-refractivity contribution in [1.29, 1.82) is 0 Å². The summed E-state index contributed by atoms with van der Waals surface area (Å²) in [6, 6.07) is 5.09. The Kier molecular flexibility index (Phi) is 5.59. The lowest BCUT2D eigenvalue weighted by molar-refractivity contribution is -0.136. The van der Waals surface area contributed by atoms with Crippen LogP contribution >= 0.6 is 0 Å². The van der Waals surface area contributed by atoms with E-state index in [-0.39, 0.29) is 31.0 Å². The molecule has 0 radical (unpaired) electrons. The zero-order valence-corrected chi connectivity index (χ0v) is 15.7. The summed E-state index contributed by atoms with van der Waals surface area (Å²) in [4.78, 5) is 26.2. The van der Waals surface area contributed by atoms with Crippen molar-refractivity contribution in [3.63, 3.8) is 0 Å². The fourth-order valence-corrected chi connectivity index (χ4v) is 2.84. The third-order valence-corrected chi connectivity index (χ3v) is 4.19. The second-order valence-electron chi connectivity index (χ2n) is 5.96. The van der Waals surface area contributed by atoms with Gasteiger partial charge in [0.1, 0.15) is 11.4 Å². The van der Waals surface area contributed by atoms with Gasteiger partial charge in [-0.3, -0.25) is 4.79 Å². The van der Waals surface area contributed by atoms with E-state index in [0.29, 0.717) is 28.8 Å². The summed E-state index contributed by atoms with van der Waals surface area (Å²) in [6.07, 6.45) is 0. The number of nitrogens with one attached hydrogen (secondary N) is 1. The monoisotopic (exact) mass is 388 g/mol. The molecule has 1 aliphatic rings. The largest absolute Gasteiger partial charge is 0.495 e. The molecule has 2 aromatic rings. The van der Waals surface area contributed by atoms with Crippen molar-refractivity contribution in [1.82, 2.24) is 15.1 Å². The molecule has 1 aliphatic heterocycles. The summed E-state index contributed by atoms with van der Waals surface area (Å²) in [5.41, 5.74) is 1.28. The second kappa shape index (κ2) is 8.09. The number of carbonyl (C=O) groups is 2. The number of aliphatic hydroxyl groups excluding tert-OH is 1. The van der Waals surface area contributed by atoms with Crippen LogP contribution in [-0.2, 0) is 14.3 Å². The first kappa shape index (κ1) is 19.4. The van der Waals surface area contributed by atoms with E-state index in [1.165, 1.54) is 19.1 Å². The molecule has 3 rings (SSSR count). The van der Waals surface area contributed by atoms with Gasteiger partial charge in [0.2, 0.25) is 11.8 Å².